The van der Waals surface area contributed by atoms with E-state index in [9.17, 15) is 4.79 Å². The van der Waals surface area contributed by atoms with Crippen LogP contribution in [-0.2, 0) is 0 Å². The summed E-state index contributed by atoms with van der Waals surface area (Å²) in [6.07, 6.45) is 10.3. The lowest BCUT2D eigenvalue weighted by atomic mass is 9.89. The Morgan fingerprint density at radius 2 is 1.93 bits per heavy atom. The van der Waals surface area contributed by atoms with Crippen LogP contribution in [0, 0.1) is 6.92 Å². The van der Waals surface area contributed by atoms with Gasteiger partial charge < -0.3 is 30.2 Å². The molecule has 40 heavy (non-hydrogen) atoms. The van der Waals surface area contributed by atoms with Gasteiger partial charge in [-0.3, -0.25) is 9.78 Å². The average molecular weight is 543 g/mol. The largest absolute Gasteiger partial charge is 0.424 e. The van der Waals surface area contributed by atoms with Gasteiger partial charge in [0.2, 0.25) is 17.6 Å². The number of oxazole rings is 1. The number of aryl methyl sites for hydroxylation is 1. The highest BCUT2D eigenvalue weighted by Gasteiger charge is 2.30. The van der Waals surface area contributed by atoms with Crippen molar-refractivity contribution in [3.63, 3.8) is 0 Å². The fourth-order valence-electron chi connectivity index (χ4n) is 5.72. The van der Waals surface area contributed by atoms with Crippen molar-refractivity contribution in [1.29, 1.82) is 0 Å². The van der Waals surface area contributed by atoms with Crippen molar-refractivity contribution in [1.82, 2.24) is 25.4 Å². The molecule has 0 spiro atoms. The molecular weight excluding hydrogens is 508 g/mol. The Labute approximate surface area is 232 Å². The molecule has 208 valence electrons. The number of hydrogen-bond donors (Lipinski definition) is 3. The molecule has 1 aromatic carbocycles. The number of nitrogens with zero attached hydrogens (tertiary/aromatic N) is 5. The normalized spacial score (nSPS) is 21.3. The lowest BCUT2D eigenvalue weighted by Crippen LogP contribution is -2.54. The number of anilines is 2. The zero-order valence-corrected chi connectivity index (χ0v) is 22.5. The van der Waals surface area contributed by atoms with Gasteiger partial charge in [0.05, 0.1) is 18.1 Å². The summed E-state index contributed by atoms with van der Waals surface area (Å²) < 4.78 is 11.1. The number of amides is 1. The van der Waals surface area contributed by atoms with Crippen molar-refractivity contribution in [3.05, 3.63) is 60.2 Å². The second kappa shape index (κ2) is 11.5. The molecule has 3 aromatic heterocycles. The number of hydrogen-bond acceptors (Lipinski definition) is 10. The first-order valence-corrected chi connectivity index (χ1v) is 13.9. The van der Waals surface area contributed by atoms with E-state index in [2.05, 4.69) is 41.7 Å². The van der Waals surface area contributed by atoms with E-state index in [1.807, 2.05) is 18.3 Å². The molecule has 0 unspecified atom stereocenters. The van der Waals surface area contributed by atoms with E-state index in [4.69, 9.17) is 14.7 Å². The van der Waals surface area contributed by atoms with Gasteiger partial charge in [-0.25, -0.2) is 4.98 Å². The summed E-state index contributed by atoms with van der Waals surface area (Å²) >= 11 is 0. The predicted octanol–water partition coefficient (Wildman–Crippen LogP) is 4.18. The van der Waals surface area contributed by atoms with Crippen molar-refractivity contribution < 1.29 is 13.7 Å². The van der Waals surface area contributed by atoms with Gasteiger partial charge >= 0.3 is 0 Å². The van der Waals surface area contributed by atoms with E-state index >= 15 is 0 Å². The Morgan fingerprint density at radius 1 is 1.05 bits per heavy atom. The summed E-state index contributed by atoms with van der Waals surface area (Å²) in [4.78, 5) is 27.3. The molecule has 1 saturated heterocycles. The molecule has 1 amide bonds. The molecule has 4 N–H and O–H groups in total. The third-order valence-corrected chi connectivity index (χ3v) is 7.75. The molecule has 11 heteroatoms. The third kappa shape index (κ3) is 5.84. The minimum Gasteiger partial charge on any atom is -0.424 e. The van der Waals surface area contributed by atoms with Crippen LogP contribution in [0.15, 0.2) is 57.7 Å². The van der Waals surface area contributed by atoms with Crippen LogP contribution in [0.5, 0.6) is 0 Å². The number of nitrogens with two attached hydrogens (primary N) is 1. The topological polar surface area (TPSA) is 148 Å². The zero-order chi connectivity index (χ0) is 27.5. The van der Waals surface area contributed by atoms with E-state index in [1.54, 1.807) is 31.3 Å². The van der Waals surface area contributed by atoms with Crippen molar-refractivity contribution in [2.24, 2.45) is 5.73 Å². The Bertz CT molecular complexity index is 1450. The molecule has 6 rings (SSSR count). The lowest BCUT2D eigenvalue weighted by molar-refractivity contribution is 0.100. The molecular formula is C29H34N8O3. The number of primary amides is 1. The van der Waals surface area contributed by atoms with Gasteiger partial charge in [-0.05, 0) is 49.9 Å². The maximum atomic E-state index is 11.6. The first kappa shape index (κ1) is 26.0. The molecule has 1 saturated carbocycles. The molecule has 3 atom stereocenters. The highest BCUT2D eigenvalue weighted by atomic mass is 16.5. The zero-order valence-electron chi connectivity index (χ0n) is 22.5. The number of piperidine rings is 1. The maximum Gasteiger partial charge on any atom is 0.295 e. The summed E-state index contributed by atoms with van der Waals surface area (Å²) in [7, 11) is 0. The van der Waals surface area contributed by atoms with Crippen LogP contribution in [-0.4, -0.2) is 57.2 Å². The average Bonchev–Trinajstić information content (AvgIpc) is 3.64. The van der Waals surface area contributed by atoms with Gasteiger partial charge in [-0.2, -0.15) is 4.98 Å². The maximum absolute atomic E-state index is 11.6. The van der Waals surface area contributed by atoms with E-state index in [0.29, 0.717) is 46.8 Å². The van der Waals surface area contributed by atoms with E-state index < -0.39 is 5.91 Å². The van der Waals surface area contributed by atoms with Gasteiger partial charge in [0, 0.05) is 49.3 Å². The Kier molecular flexibility index (Phi) is 7.45. The molecule has 0 radical (unpaired) electrons. The van der Waals surface area contributed by atoms with E-state index in [0.717, 1.165) is 50.0 Å². The number of benzene rings is 1. The molecule has 0 bridgehead atoms. The Morgan fingerprint density at radius 3 is 2.70 bits per heavy atom. The first-order valence-electron chi connectivity index (χ1n) is 13.9. The van der Waals surface area contributed by atoms with Crippen molar-refractivity contribution in [2.45, 2.75) is 63.6 Å². The van der Waals surface area contributed by atoms with E-state index in [-0.39, 0.29) is 6.04 Å². The first-order chi connectivity index (χ1) is 19.5. The molecule has 4 heterocycles. The number of nitrogens with one attached hydrogen (secondary N) is 2. The van der Waals surface area contributed by atoms with Crippen molar-refractivity contribution in [3.8, 4) is 22.8 Å². The fraction of sp³-hybridized carbons (Fsp3) is 0.414. The second-order valence-electron chi connectivity index (χ2n) is 10.6. The summed E-state index contributed by atoms with van der Waals surface area (Å²) in [6, 6.07) is 12.5. The minimum atomic E-state index is -0.468. The van der Waals surface area contributed by atoms with Gasteiger partial charge in [-0.15, -0.1) is 0 Å². The summed E-state index contributed by atoms with van der Waals surface area (Å²) in [5.74, 6) is 1.17. The number of rotatable bonds is 8. The number of carbonyl (C=O) groups excluding carboxylic acids is 1. The number of carbonyl (C=O) groups is 1. The SMILES string of the molecule is Cc1nc(-c2ccc(N3CCC[C@H](N[C@@H]4CCCC[C@H]4Nc4ncc(-c5cccc(C(N)=O)c5)o4)C3)cn2)no1. The van der Waals surface area contributed by atoms with Crippen LogP contribution >= 0.6 is 0 Å². The fourth-order valence-corrected chi connectivity index (χ4v) is 5.72. The summed E-state index contributed by atoms with van der Waals surface area (Å²) in [5, 5.41) is 11.5. The number of aromatic nitrogens is 4. The van der Waals surface area contributed by atoms with Gasteiger partial charge in [0.25, 0.3) is 6.01 Å². The van der Waals surface area contributed by atoms with Crippen LogP contribution in [0.4, 0.5) is 11.7 Å². The highest BCUT2D eigenvalue weighted by Crippen LogP contribution is 2.28. The lowest BCUT2D eigenvalue weighted by Gasteiger charge is -2.40. The molecule has 2 fully saturated rings. The quantitative estimate of drug-likeness (QED) is 0.296. The van der Waals surface area contributed by atoms with Gasteiger partial charge in [-0.1, -0.05) is 30.1 Å². The predicted molar refractivity (Wildman–Crippen MR) is 151 cm³/mol. The Balaban J connectivity index is 1.08. The number of pyridine rings is 1. The molecule has 1 aliphatic heterocycles. The molecule has 4 aromatic rings. The van der Waals surface area contributed by atoms with Gasteiger partial charge in [0.15, 0.2) is 5.76 Å². The van der Waals surface area contributed by atoms with Crippen LogP contribution in [0.2, 0.25) is 0 Å². The minimum absolute atomic E-state index is 0.215. The molecule has 11 nitrogen and oxygen atoms in total. The third-order valence-electron chi connectivity index (χ3n) is 7.75. The van der Waals surface area contributed by atoms with Crippen LogP contribution < -0.4 is 21.3 Å². The van der Waals surface area contributed by atoms with Crippen molar-refractivity contribution >= 4 is 17.6 Å². The smallest absolute Gasteiger partial charge is 0.295 e. The molecule has 1 aliphatic carbocycles. The summed E-state index contributed by atoms with van der Waals surface area (Å²) in [5.41, 5.74) is 8.45. The Hall–Kier alpha value is -4.25. The second-order valence-corrected chi connectivity index (χ2v) is 10.6. The highest BCUT2D eigenvalue weighted by molar-refractivity contribution is 5.93. The van der Waals surface area contributed by atoms with Crippen molar-refractivity contribution in [2.75, 3.05) is 23.3 Å². The van der Waals surface area contributed by atoms with Gasteiger partial charge in [0.1, 0.15) is 5.69 Å². The molecule has 2 aliphatic rings. The van der Waals surface area contributed by atoms with Crippen LogP contribution in [0.3, 0.4) is 0 Å². The van der Waals surface area contributed by atoms with E-state index in [1.165, 1.54) is 12.8 Å². The van der Waals surface area contributed by atoms with Crippen LogP contribution in [0.25, 0.3) is 22.8 Å². The summed E-state index contributed by atoms with van der Waals surface area (Å²) in [6.45, 7) is 3.70. The van der Waals surface area contributed by atoms with Crippen LogP contribution in [0.1, 0.15) is 54.8 Å². The monoisotopic (exact) mass is 542 g/mol. The standard InChI is InChI=1S/C29H34N8O3/c1-18-33-28(36-40-18)25-12-11-22(15-31-25)37-13-5-8-21(17-37)34-23-9-2-3-10-24(23)35-29-32-16-26(39-29)19-6-4-7-20(14-19)27(30)38/h4,6-7,11-12,14-16,21,23-24,34H,2-3,5,8-10,13,17H2,1H3,(H2,30,38)(H,32,35)/t21-,23+,24+/m0/s1.